The molecular weight excluding hydrogens is 647 g/mol. The van der Waals surface area contributed by atoms with Gasteiger partial charge in [0.05, 0.1) is 0 Å². The van der Waals surface area contributed by atoms with Crippen LogP contribution in [0.5, 0.6) is 0 Å². The number of hydrogen-bond acceptors (Lipinski definition) is 2. The molecule has 0 aliphatic heterocycles. The van der Waals surface area contributed by atoms with E-state index in [2.05, 4.69) is 205 Å². The summed E-state index contributed by atoms with van der Waals surface area (Å²) in [6.07, 6.45) is 0. The molecule has 0 aliphatic rings. The minimum absolute atomic E-state index is 1.11. The highest BCUT2D eigenvalue weighted by molar-refractivity contribution is 7.25. The van der Waals surface area contributed by atoms with Crippen LogP contribution in [0.15, 0.2) is 200 Å². The molecule has 2 heteroatoms. The number of benzene rings is 9. The van der Waals surface area contributed by atoms with E-state index in [-0.39, 0.29) is 0 Å². The summed E-state index contributed by atoms with van der Waals surface area (Å²) in [6, 6.07) is 72.9. The van der Waals surface area contributed by atoms with Crippen LogP contribution in [0.1, 0.15) is 0 Å². The standard InChI is InChI=1S/C50H33NS/c1-3-13-34(14-4-1)35-23-27-38(28-24-35)51(40-31-32-44-43-19-11-12-22-47(43)52-48(44)33-40)39-29-25-37(26-30-39)50-46-21-10-8-18-42(46)41-17-7-9-20-45(41)49(50)36-15-5-2-6-16-36/h1-33H. The molecule has 1 aromatic heterocycles. The van der Waals surface area contributed by atoms with Crippen molar-refractivity contribution in [2.75, 3.05) is 4.90 Å². The molecule has 0 bridgehead atoms. The third-order valence-corrected chi connectivity index (χ3v) is 11.4. The van der Waals surface area contributed by atoms with E-state index in [4.69, 9.17) is 0 Å². The minimum Gasteiger partial charge on any atom is -0.310 e. The van der Waals surface area contributed by atoms with Crippen molar-refractivity contribution in [1.82, 2.24) is 0 Å². The molecule has 9 aromatic carbocycles. The highest BCUT2D eigenvalue weighted by Crippen LogP contribution is 2.46. The molecule has 0 amide bonds. The normalized spacial score (nSPS) is 11.5. The van der Waals surface area contributed by atoms with Gasteiger partial charge < -0.3 is 4.90 Å². The molecule has 10 aromatic rings. The molecule has 0 spiro atoms. The molecule has 52 heavy (non-hydrogen) atoms. The zero-order chi connectivity index (χ0) is 34.4. The van der Waals surface area contributed by atoms with Crippen molar-refractivity contribution >= 4 is 70.1 Å². The molecule has 1 heterocycles. The minimum atomic E-state index is 1.11. The molecule has 0 fully saturated rings. The van der Waals surface area contributed by atoms with E-state index in [0.29, 0.717) is 0 Å². The van der Waals surface area contributed by atoms with Crippen LogP contribution < -0.4 is 4.90 Å². The number of rotatable bonds is 6. The van der Waals surface area contributed by atoms with Gasteiger partial charge in [0, 0.05) is 37.2 Å². The van der Waals surface area contributed by atoms with Gasteiger partial charge in [-0.3, -0.25) is 0 Å². The van der Waals surface area contributed by atoms with E-state index in [1.54, 1.807) is 0 Å². The van der Waals surface area contributed by atoms with Gasteiger partial charge in [-0.1, -0.05) is 158 Å². The van der Waals surface area contributed by atoms with E-state index >= 15 is 0 Å². The highest BCUT2D eigenvalue weighted by Gasteiger charge is 2.19. The van der Waals surface area contributed by atoms with Crippen molar-refractivity contribution in [1.29, 1.82) is 0 Å². The maximum absolute atomic E-state index is 2.39. The first kappa shape index (κ1) is 30.4. The Morgan fingerprint density at radius 1 is 0.269 bits per heavy atom. The van der Waals surface area contributed by atoms with Crippen molar-refractivity contribution in [3.63, 3.8) is 0 Å². The van der Waals surface area contributed by atoms with E-state index in [1.807, 2.05) is 11.3 Å². The Kier molecular flexibility index (Phi) is 7.41. The van der Waals surface area contributed by atoms with Gasteiger partial charge in [-0.05, 0) is 97.4 Å². The number of fused-ring (bicyclic) bond motifs is 6. The molecule has 0 N–H and O–H groups in total. The van der Waals surface area contributed by atoms with E-state index < -0.39 is 0 Å². The quantitative estimate of drug-likeness (QED) is 0.158. The third-order valence-electron chi connectivity index (χ3n) is 10.3. The van der Waals surface area contributed by atoms with Gasteiger partial charge >= 0.3 is 0 Å². The molecule has 0 radical (unpaired) electrons. The van der Waals surface area contributed by atoms with Gasteiger partial charge in [-0.25, -0.2) is 0 Å². The van der Waals surface area contributed by atoms with Crippen LogP contribution in [-0.4, -0.2) is 0 Å². The smallest absolute Gasteiger partial charge is 0.0476 e. The predicted molar refractivity (Wildman–Crippen MR) is 225 cm³/mol. The maximum Gasteiger partial charge on any atom is 0.0476 e. The lowest BCUT2D eigenvalue weighted by Gasteiger charge is -2.26. The Hall–Kier alpha value is -6.48. The summed E-state index contributed by atoms with van der Waals surface area (Å²) in [4.78, 5) is 2.39. The fourth-order valence-corrected chi connectivity index (χ4v) is 9.00. The summed E-state index contributed by atoms with van der Waals surface area (Å²) in [5, 5.41) is 7.69. The van der Waals surface area contributed by atoms with Crippen LogP contribution in [0.3, 0.4) is 0 Å². The molecule has 0 unspecified atom stereocenters. The van der Waals surface area contributed by atoms with E-state index in [9.17, 15) is 0 Å². The first-order valence-electron chi connectivity index (χ1n) is 17.8. The fourth-order valence-electron chi connectivity index (χ4n) is 7.86. The molecule has 10 rings (SSSR count). The summed E-state index contributed by atoms with van der Waals surface area (Å²) >= 11 is 1.86. The summed E-state index contributed by atoms with van der Waals surface area (Å²) in [7, 11) is 0. The third kappa shape index (κ3) is 5.16. The van der Waals surface area contributed by atoms with Crippen molar-refractivity contribution in [3.05, 3.63) is 200 Å². The fraction of sp³-hybridized carbons (Fsp3) is 0. The molecule has 0 saturated heterocycles. The van der Waals surface area contributed by atoms with Gasteiger partial charge in [-0.15, -0.1) is 11.3 Å². The Morgan fingerprint density at radius 3 is 1.27 bits per heavy atom. The predicted octanol–water partition coefficient (Wildman–Crippen LogP) is 14.8. The van der Waals surface area contributed by atoms with Crippen LogP contribution in [0.2, 0.25) is 0 Å². The Balaban J connectivity index is 1.15. The SMILES string of the molecule is c1ccc(-c2ccc(N(c3ccc(-c4c(-c5ccccc5)c5ccccc5c5ccccc45)cc3)c3ccc4c(c3)sc3ccccc34)cc2)cc1. The first-order chi connectivity index (χ1) is 25.8. The Bertz CT molecular complexity index is 2870. The van der Waals surface area contributed by atoms with Crippen molar-refractivity contribution in [3.8, 4) is 33.4 Å². The van der Waals surface area contributed by atoms with Gasteiger partial charge in [0.2, 0.25) is 0 Å². The zero-order valence-electron chi connectivity index (χ0n) is 28.4. The number of thiophene rings is 1. The van der Waals surface area contributed by atoms with Crippen molar-refractivity contribution < 1.29 is 0 Å². The van der Waals surface area contributed by atoms with Crippen LogP contribution in [0.4, 0.5) is 17.1 Å². The Morgan fingerprint density at radius 2 is 0.673 bits per heavy atom. The number of hydrogen-bond donors (Lipinski definition) is 0. The van der Waals surface area contributed by atoms with Gasteiger partial charge in [-0.2, -0.15) is 0 Å². The molecule has 1 nitrogen and oxygen atoms in total. The van der Waals surface area contributed by atoms with Crippen LogP contribution in [0, 0.1) is 0 Å². The number of anilines is 3. The summed E-state index contributed by atoms with van der Waals surface area (Å²) < 4.78 is 2.60. The molecular formula is C50H33NS. The summed E-state index contributed by atoms with van der Waals surface area (Å²) in [5.74, 6) is 0. The molecule has 0 atom stereocenters. The lowest BCUT2D eigenvalue weighted by molar-refractivity contribution is 1.29. The monoisotopic (exact) mass is 679 g/mol. The first-order valence-corrected chi connectivity index (χ1v) is 18.6. The summed E-state index contributed by atoms with van der Waals surface area (Å²) in [6.45, 7) is 0. The van der Waals surface area contributed by atoms with Crippen LogP contribution >= 0.6 is 11.3 Å². The second-order valence-electron chi connectivity index (χ2n) is 13.3. The van der Waals surface area contributed by atoms with Crippen molar-refractivity contribution in [2.45, 2.75) is 0 Å². The summed E-state index contributed by atoms with van der Waals surface area (Å²) in [5.41, 5.74) is 10.7. The van der Waals surface area contributed by atoms with Crippen molar-refractivity contribution in [2.24, 2.45) is 0 Å². The second kappa shape index (κ2) is 12.7. The maximum atomic E-state index is 2.39. The van der Waals surface area contributed by atoms with Gasteiger partial charge in [0.25, 0.3) is 0 Å². The lowest BCUT2D eigenvalue weighted by atomic mass is 9.85. The molecule has 0 aliphatic carbocycles. The van der Waals surface area contributed by atoms with Gasteiger partial charge in [0.1, 0.15) is 0 Å². The van der Waals surface area contributed by atoms with E-state index in [1.165, 1.54) is 75.1 Å². The van der Waals surface area contributed by atoms with Crippen LogP contribution in [-0.2, 0) is 0 Å². The average Bonchev–Trinajstić information content (AvgIpc) is 3.60. The lowest BCUT2D eigenvalue weighted by Crippen LogP contribution is -2.09. The topological polar surface area (TPSA) is 3.24 Å². The number of nitrogens with zero attached hydrogens (tertiary/aromatic N) is 1. The Labute approximate surface area is 307 Å². The average molecular weight is 680 g/mol. The van der Waals surface area contributed by atoms with E-state index in [0.717, 1.165) is 17.1 Å². The second-order valence-corrected chi connectivity index (χ2v) is 14.4. The molecule has 244 valence electrons. The largest absolute Gasteiger partial charge is 0.310 e. The molecule has 0 saturated carbocycles. The van der Waals surface area contributed by atoms with Crippen LogP contribution in [0.25, 0.3) is 75.1 Å². The highest BCUT2D eigenvalue weighted by atomic mass is 32.1. The zero-order valence-corrected chi connectivity index (χ0v) is 29.2. The van der Waals surface area contributed by atoms with Gasteiger partial charge in [0.15, 0.2) is 0 Å².